The van der Waals surface area contributed by atoms with E-state index in [0.717, 1.165) is 32.5 Å². The summed E-state index contributed by atoms with van der Waals surface area (Å²) in [7, 11) is 3.97. The van der Waals surface area contributed by atoms with Crippen molar-refractivity contribution in [2.24, 2.45) is 13.0 Å². The zero-order chi connectivity index (χ0) is 18.9. The average molecular weight is 369 g/mol. The highest BCUT2D eigenvalue weighted by Crippen LogP contribution is 2.36. The summed E-state index contributed by atoms with van der Waals surface area (Å²) in [4.78, 5) is 20.8. The first-order valence-corrected chi connectivity index (χ1v) is 9.52. The predicted molar refractivity (Wildman–Crippen MR) is 101 cm³/mol. The maximum Gasteiger partial charge on any atom is 0.257 e. The maximum atomic E-state index is 12.5. The van der Waals surface area contributed by atoms with Crippen molar-refractivity contribution >= 4 is 5.91 Å². The SMILES string of the molecule is CN(Cc1cccnc1)CC1CCC2(CN(C(=O)c3cnn(C)c3)C2)OC1. The van der Waals surface area contributed by atoms with E-state index in [9.17, 15) is 4.79 Å². The number of nitrogens with zero attached hydrogens (tertiary/aromatic N) is 5. The van der Waals surface area contributed by atoms with Crippen LogP contribution in [0.5, 0.6) is 0 Å². The minimum atomic E-state index is -0.129. The van der Waals surface area contributed by atoms with Crippen LogP contribution in [-0.2, 0) is 18.3 Å². The number of carbonyl (C=O) groups excluding carboxylic acids is 1. The van der Waals surface area contributed by atoms with Crippen LogP contribution >= 0.6 is 0 Å². The van der Waals surface area contributed by atoms with Crippen LogP contribution in [0.15, 0.2) is 36.9 Å². The number of aromatic nitrogens is 3. The molecule has 2 fully saturated rings. The lowest BCUT2D eigenvalue weighted by Gasteiger charge is -2.52. The molecule has 2 saturated heterocycles. The van der Waals surface area contributed by atoms with E-state index in [4.69, 9.17) is 4.74 Å². The van der Waals surface area contributed by atoms with Gasteiger partial charge in [0, 0.05) is 38.7 Å². The molecule has 7 nitrogen and oxygen atoms in total. The number of likely N-dealkylation sites (tertiary alicyclic amines) is 1. The van der Waals surface area contributed by atoms with Crippen LogP contribution in [0.3, 0.4) is 0 Å². The predicted octanol–water partition coefficient (Wildman–Crippen LogP) is 1.57. The molecular weight excluding hydrogens is 342 g/mol. The van der Waals surface area contributed by atoms with Gasteiger partial charge < -0.3 is 14.5 Å². The molecule has 0 bridgehead atoms. The van der Waals surface area contributed by atoms with Crippen LogP contribution < -0.4 is 0 Å². The average Bonchev–Trinajstić information content (AvgIpc) is 3.07. The second-order valence-electron chi connectivity index (χ2n) is 8.02. The summed E-state index contributed by atoms with van der Waals surface area (Å²) in [5.74, 6) is 0.594. The highest BCUT2D eigenvalue weighted by Gasteiger charge is 2.48. The number of carbonyl (C=O) groups is 1. The first kappa shape index (κ1) is 18.1. The summed E-state index contributed by atoms with van der Waals surface area (Å²) >= 11 is 0. The van der Waals surface area contributed by atoms with Crippen LogP contribution in [0.1, 0.15) is 28.8 Å². The van der Waals surface area contributed by atoms with Gasteiger partial charge in [0.25, 0.3) is 5.91 Å². The fourth-order valence-corrected chi connectivity index (χ4v) is 4.13. The molecule has 2 aromatic rings. The molecule has 0 saturated carbocycles. The Kier molecular flexibility index (Phi) is 4.97. The summed E-state index contributed by atoms with van der Waals surface area (Å²) in [6.07, 6.45) is 9.29. The Morgan fingerprint density at radius 1 is 1.41 bits per heavy atom. The Bertz CT molecular complexity index is 775. The maximum absolute atomic E-state index is 12.5. The van der Waals surface area contributed by atoms with Crippen LogP contribution in [0, 0.1) is 5.92 Å². The fraction of sp³-hybridized carbons (Fsp3) is 0.550. The Labute approximate surface area is 159 Å². The van der Waals surface area contributed by atoms with E-state index >= 15 is 0 Å². The molecule has 4 heterocycles. The van der Waals surface area contributed by atoms with Crippen molar-refractivity contribution in [2.75, 3.05) is 33.3 Å². The molecule has 0 aliphatic carbocycles. The second kappa shape index (κ2) is 7.40. The van der Waals surface area contributed by atoms with Gasteiger partial charge in [0.1, 0.15) is 5.60 Å². The number of amides is 1. The zero-order valence-electron chi connectivity index (χ0n) is 16.0. The highest BCUT2D eigenvalue weighted by atomic mass is 16.5. The number of hydrogen-bond donors (Lipinski definition) is 0. The van der Waals surface area contributed by atoms with Gasteiger partial charge in [-0.3, -0.25) is 14.5 Å². The van der Waals surface area contributed by atoms with E-state index in [1.165, 1.54) is 5.56 Å². The molecule has 2 aliphatic heterocycles. The van der Waals surface area contributed by atoms with Gasteiger partial charge in [-0.25, -0.2) is 0 Å². The molecule has 0 aromatic carbocycles. The van der Waals surface area contributed by atoms with Gasteiger partial charge >= 0.3 is 0 Å². The smallest absolute Gasteiger partial charge is 0.257 e. The summed E-state index contributed by atoms with van der Waals surface area (Å²) in [6.45, 7) is 4.08. The molecule has 1 amide bonds. The standard InChI is InChI=1S/C20H27N5O2/c1-23(10-16-4-3-7-21-8-16)11-17-5-6-20(27-13-17)14-25(15-20)19(26)18-9-22-24(2)12-18/h3-4,7-9,12,17H,5-6,10-11,13-15H2,1-2H3. The molecule has 1 spiro atoms. The third kappa shape index (κ3) is 4.04. The number of ether oxygens (including phenoxy) is 1. The summed E-state index contributed by atoms with van der Waals surface area (Å²) in [6, 6.07) is 4.09. The number of rotatable bonds is 5. The van der Waals surface area contributed by atoms with Gasteiger partial charge in [-0.15, -0.1) is 0 Å². The number of aryl methyl sites for hydroxylation is 1. The Balaban J connectivity index is 1.22. The zero-order valence-corrected chi connectivity index (χ0v) is 16.0. The second-order valence-corrected chi connectivity index (χ2v) is 8.02. The lowest BCUT2D eigenvalue weighted by molar-refractivity contribution is -0.168. The van der Waals surface area contributed by atoms with Crippen molar-refractivity contribution in [1.29, 1.82) is 0 Å². The van der Waals surface area contributed by atoms with Crippen LogP contribution in [0.4, 0.5) is 0 Å². The Morgan fingerprint density at radius 3 is 2.89 bits per heavy atom. The van der Waals surface area contributed by atoms with Gasteiger partial charge in [-0.1, -0.05) is 6.07 Å². The summed E-state index contributed by atoms with van der Waals surface area (Å²) < 4.78 is 7.89. The van der Waals surface area contributed by atoms with Crippen LogP contribution in [-0.4, -0.2) is 69.4 Å². The van der Waals surface area contributed by atoms with Crippen molar-refractivity contribution in [3.63, 3.8) is 0 Å². The van der Waals surface area contributed by atoms with Crippen molar-refractivity contribution < 1.29 is 9.53 Å². The van der Waals surface area contributed by atoms with Crippen molar-refractivity contribution in [1.82, 2.24) is 24.6 Å². The minimum Gasteiger partial charge on any atom is -0.371 e. The molecule has 1 unspecified atom stereocenters. The molecular formula is C20H27N5O2. The molecule has 144 valence electrons. The van der Waals surface area contributed by atoms with Crippen molar-refractivity contribution in [3.05, 3.63) is 48.0 Å². The van der Waals surface area contributed by atoms with E-state index in [1.807, 2.05) is 24.2 Å². The molecule has 27 heavy (non-hydrogen) atoms. The van der Waals surface area contributed by atoms with Gasteiger partial charge in [-0.2, -0.15) is 5.10 Å². The van der Waals surface area contributed by atoms with Gasteiger partial charge in [-0.05, 0) is 37.4 Å². The van der Waals surface area contributed by atoms with Crippen molar-refractivity contribution in [3.8, 4) is 0 Å². The summed E-state index contributed by atoms with van der Waals surface area (Å²) in [5.41, 5.74) is 1.76. The van der Waals surface area contributed by atoms with Crippen LogP contribution in [0.2, 0.25) is 0 Å². The topological polar surface area (TPSA) is 63.5 Å². The molecule has 7 heteroatoms. The lowest BCUT2D eigenvalue weighted by Crippen LogP contribution is -2.66. The quantitative estimate of drug-likeness (QED) is 0.801. The monoisotopic (exact) mass is 369 g/mol. The molecule has 4 rings (SSSR count). The van der Waals surface area contributed by atoms with Gasteiger partial charge in [0.15, 0.2) is 0 Å². The molecule has 0 radical (unpaired) electrons. The largest absolute Gasteiger partial charge is 0.371 e. The molecule has 2 aliphatic rings. The first-order valence-electron chi connectivity index (χ1n) is 9.52. The third-order valence-electron chi connectivity index (χ3n) is 5.58. The first-order chi connectivity index (χ1) is 13.0. The number of pyridine rings is 1. The Hall–Kier alpha value is -2.25. The number of hydrogen-bond acceptors (Lipinski definition) is 5. The third-order valence-corrected chi connectivity index (χ3v) is 5.58. The highest BCUT2D eigenvalue weighted by molar-refractivity contribution is 5.94. The van der Waals surface area contributed by atoms with Gasteiger partial charge in [0.2, 0.25) is 0 Å². The van der Waals surface area contributed by atoms with Crippen LogP contribution in [0.25, 0.3) is 0 Å². The normalized spacial score (nSPS) is 21.4. The minimum absolute atomic E-state index is 0.0515. The molecule has 1 atom stereocenters. The van der Waals surface area contributed by atoms with Crippen molar-refractivity contribution in [2.45, 2.75) is 25.0 Å². The van der Waals surface area contributed by atoms with Gasteiger partial charge in [0.05, 0.1) is 31.5 Å². The van der Waals surface area contributed by atoms with E-state index in [-0.39, 0.29) is 11.5 Å². The lowest BCUT2D eigenvalue weighted by atomic mass is 9.82. The molecule has 0 N–H and O–H groups in total. The Morgan fingerprint density at radius 2 is 2.26 bits per heavy atom. The van der Waals surface area contributed by atoms with E-state index in [0.29, 0.717) is 24.6 Å². The van der Waals surface area contributed by atoms with E-state index in [2.05, 4.69) is 28.1 Å². The fourth-order valence-electron chi connectivity index (χ4n) is 4.13. The van der Waals surface area contributed by atoms with E-state index < -0.39 is 0 Å². The molecule has 2 aromatic heterocycles. The summed E-state index contributed by atoms with van der Waals surface area (Å²) in [5, 5.41) is 4.08. The van der Waals surface area contributed by atoms with E-state index in [1.54, 1.807) is 23.3 Å².